The summed E-state index contributed by atoms with van der Waals surface area (Å²) in [5.41, 5.74) is 11.2. The molecule has 0 bridgehead atoms. The van der Waals surface area contributed by atoms with E-state index in [9.17, 15) is 9.59 Å². The number of nitrogens with zero attached hydrogens (tertiary/aromatic N) is 5. The molecule has 38 heavy (non-hydrogen) atoms. The first-order chi connectivity index (χ1) is 18.5. The minimum Gasteiger partial charge on any atom is -0.371 e. The molecule has 2 aliphatic rings. The molecule has 8 nitrogen and oxygen atoms in total. The number of aryl methyl sites for hydroxylation is 2. The van der Waals surface area contributed by atoms with Crippen molar-refractivity contribution in [2.75, 3.05) is 29.4 Å². The van der Waals surface area contributed by atoms with Crippen molar-refractivity contribution in [2.24, 2.45) is 5.73 Å². The van der Waals surface area contributed by atoms with Crippen LogP contribution in [0, 0.1) is 0 Å². The van der Waals surface area contributed by atoms with Crippen molar-refractivity contribution in [1.82, 2.24) is 14.5 Å². The molecule has 2 N–H and O–H groups in total. The fourth-order valence-corrected chi connectivity index (χ4v) is 5.71. The number of pyridine rings is 1. The van der Waals surface area contributed by atoms with Crippen molar-refractivity contribution in [1.29, 1.82) is 0 Å². The molecule has 1 aliphatic carbocycles. The van der Waals surface area contributed by atoms with Gasteiger partial charge in [0.1, 0.15) is 5.56 Å². The fraction of sp³-hybridized carbons (Fsp3) is 0.333. The summed E-state index contributed by atoms with van der Waals surface area (Å²) in [6.07, 6.45) is 9.60. The number of aromatic nitrogens is 3. The van der Waals surface area contributed by atoms with E-state index in [-0.39, 0.29) is 10.9 Å². The molecule has 8 heteroatoms. The van der Waals surface area contributed by atoms with Crippen molar-refractivity contribution in [3.63, 3.8) is 0 Å². The summed E-state index contributed by atoms with van der Waals surface area (Å²) in [6.45, 7) is 4.98. The van der Waals surface area contributed by atoms with Crippen molar-refractivity contribution >= 4 is 34.3 Å². The molecule has 0 unspecified atom stereocenters. The summed E-state index contributed by atoms with van der Waals surface area (Å²) in [4.78, 5) is 39.4. The zero-order valence-electron chi connectivity index (χ0n) is 21.7. The Hall–Kier alpha value is -4.20. The van der Waals surface area contributed by atoms with Crippen LogP contribution < -0.4 is 21.0 Å². The van der Waals surface area contributed by atoms with E-state index in [2.05, 4.69) is 58.1 Å². The van der Waals surface area contributed by atoms with E-state index < -0.39 is 11.3 Å². The minimum absolute atomic E-state index is 0.0712. The average molecular weight is 509 g/mol. The van der Waals surface area contributed by atoms with Crippen molar-refractivity contribution in [3.8, 4) is 5.69 Å². The molecule has 1 amide bonds. The number of hydrogen-bond acceptors (Lipinski definition) is 6. The summed E-state index contributed by atoms with van der Waals surface area (Å²) >= 11 is 0. The first kappa shape index (κ1) is 24.2. The lowest BCUT2D eigenvalue weighted by Crippen LogP contribution is -2.26. The van der Waals surface area contributed by atoms with Crippen LogP contribution in [0.4, 0.5) is 17.3 Å². The van der Waals surface area contributed by atoms with Crippen LogP contribution in [0.3, 0.4) is 0 Å². The van der Waals surface area contributed by atoms with Gasteiger partial charge in [-0.3, -0.25) is 9.59 Å². The summed E-state index contributed by atoms with van der Waals surface area (Å²) < 4.78 is 1.81. The molecule has 194 valence electrons. The Morgan fingerprint density at radius 2 is 1.84 bits per heavy atom. The molecule has 2 aromatic carbocycles. The number of carbonyl (C=O) groups excluding carboxylic acids is 1. The molecule has 1 saturated heterocycles. The summed E-state index contributed by atoms with van der Waals surface area (Å²) in [5, 5.41) is 0.271. The fourth-order valence-electron chi connectivity index (χ4n) is 5.71. The maximum atomic E-state index is 13.2. The zero-order chi connectivity index (χ0) is 26.2. The Morgan fingerprint density at radius 1 is 1.03 bits per heavy atom. The number of hydrogen-bond donors (Lipinski definition) is 1. The molecule has 0 spiro atoms. The van der Waals surface area contributed by atoms with Gasteiger partial charge < -0.3 is 20.1 Å². The van der Waals surface area contributed by atoms with E-state index in [1.54, 1.807) is 0 Å². The Balaban J connectivity index is 1.51. The SMILES string of the molecule is CCCN(c1cccc(N2CCCC2)c1)c1ncc2c(=O)c(C(N)=O)cn(-c3ccc4c(c3)CCC4)c2n1. The van der Waals surface area contributed by atoms with Gasteiger partial charge in [-0.05, 0) is 80.0 Å². The molecule has 6 rings (SSSR count). The molecule has 3 heterocycles. The van der Waals surface area contributed by atoms with Crippen LogP contribution in [0.5, 0.6) is 0 Å². The highest BCUT2D eigenvalue weighted by atomic mass is 16.2. The monoisotopic (exact) mass is 508 g/mol. The molecule has 2 aromatic heterocycles. The molecule has 0 saturated carbocycles. The molecule has 0 radical (unpaired) electrons. The van der Waals surface area contributed by atoms with E-state index in [4.69, 9.17) is 10.7 Å². The third kappa shape index (κ3) is 4.30. The smallest absolute Gasteiger partial charge is 0.254 e. The van der Waals surface area contributed by atoms with Crippen molar-refractivity contribution in [2.45, 2.75) is 45.4 Å². The van der Waals surface area contributed by atoms with Gasteiger partial charge in [0.15, 0.2) is 5.65 Å². The second kappa shape index (κ2) is 9.93. The van der Waals surface area contributed by atoms with Gasteiger partial charge in [0.2, 0.25) is 11.4 Å². The highest BCUT2D eigenvalue weighted by Gasteiger charge is 2.21. The van der Waals surface area contributed by atoms with Gasteiger partial charge in [0.25, 0.3) is 5.91 Å². The Morgan fingerprint density at radius 3 is 2.63 bits per heavy atom. The molecular weight excluding hydrogens is 476 g/mol. The minimum atomic E-state index is -0.762. The lowest BCUT2D eigenvalue weighted by molar-refractivity contribution is 0.0999. The van der Waals surface area contributed by atoms with Crippen LogP contribution in [0.2, 0.25) is 0 Å². The van der Waals surface area contributed by atoms with Gasteiger partial charge in [0, 0.05) is 49.1 Å². The number of fused-ring (bicyclic) bond motifs is 2. The Labute approximate surface area is 221 Å². The van der Waals surface area contributed by atoms with Crippen molar-refractivity contribution < 1.29 is 4.79 Å². The van der Waals surface area contributed by atoms with Gasteiger partial charge in [-0.25, -0.2) is 4.98 Å². The van der Waals surface area contributed by atoms with Crippen LogP contribution in [-0.2, 0) is 12.8 Å². The highest BCUT2D eigenvalue weighted by molar-refractivity contribution is 5.96. The number of primary amides is 1. The molecule has 4 aromatic rings. The Kier molecular flexibility index (Phi) is 6.31. The summed E-state index contributed by atoms with van der Waals surface area (Å²) in [7, 11) is 0. The first-order valence-electron chi connectivity index (χ1n) is 13.5. The predicted molar refractivity (Wildman–Crippen MR) is 151 cm³/mol. The summed E-state index contributed by atoms with van der Waals surface area (Å²) in [5.74, 6) is -0.249. The summed E-state index contributed by atoms with van der Waals surface area (Å²) in [6, 6.07) is 14.8. The Bertz CT molecular complexity index is 1590. The van der Waals surface area contributed by atoms with Crippen LogP contribution in [-0.4, -0.2) is 40.1 Å². The van der Waals surface area contributed by atoms with E-state index >= 15 is 0 Å². The predicted octanol–water partition coefficient (Wildman–Crippen LogP) is 4.52. The lowest BCUT2D eigenvalue weighted by Gasteiger charge is -2.25. The zero-order valence-corrected chi connectivity index (χ0v) is 21.7. The number of amides is 1. The third-order valence-electron chi connectivity index (χ3n) is 7.66. The number of anilines is 3. The van der Waals surface area contributed by atoms with Gasteiger partial charge in [-0.15, -0.1) is 0 Å². The second-order valence-corrected chi connectivity index (χ2v) is 10.2. The van der Waals surface area contributed by atoms with E-state index in [0.29, 0.717) is 11.6 Å². The second-order valence-electron chi connectivity index (χ2n) is 10.2. The van der Waals surface area contributed by atoms with E-state index in [1.807, 2.05) is 10.6 Å². The third-order valence-corrected chi connectivity index (χ3v) is 7.66. The van der Waals surface area contributed by atoms with Gasteiger partial charge >= 0.3 is 0 Å². The normalized spacial score (nSPS) is 14.7. The van der Waals surface area contributed by atoms with Crippen LogP contribution in [0.25, 0.3) is 16.7 Å². The quantitative estimate of drug-likeness (QED) is 0.394. The van der Waals surface area contributed by atoms with Crippen LogP contribution in [0.1, 0.15) is 54.1 Å². The number of rotatable bonds is 7. The maximum Gasteiger partial charge on any atom is 0.254 e. The standard InChI is InChI=1S/C30H32N6O2/c1-2-13-35(23-10-6-9-22(17-23)34-14-3-4-15-34)30-32-18-25-27(37)26(28(31)38)19-36(29(25)33-30)24-12-11-20-7-5-8-21(20)16-24/h6,9-12,16-19H,2-5,7-8,13-15H2,1H3,(H2,31,38). The van der Waals surface area contributed by atoms with Gasteiger partial charge in [0.05, 0.1) is 5.39 Å². The largest absolute Gasteiger partial charge is 0.371 e. The van der Waals surface area contributed by atoms with Gasteiger partial charge in [-0.1, -0.05) is 19.1 Å². The van der Waals surface area contributed by atoms with Crippen molar-refractivity contribution in [3.05, 3.63) is 81.8 Å². The first-order valence-corrected chi connectivity index (χ1v) is 13.5. The number of nitrogens with two attached hydrogens (primary N) is 1. The maximum absolute atomic E-state index is 13.2. The molecular formula is C30H32N6O2. The van der Waals surface area contributed by atoms with Crippen LogP contribution in [0.15, 0.2) is 59.7 Å². The van der Waals surface area contributed by atoms with E-state index in [1.165, 1.54) is 42.0 Å². The van der Waals surface area contributed by atoms with Gasteiger partial charge in [-0.2, -0.15) is 4.98 Å². The molecule has 1 fully saturated rings. The number of carbonyl (C=O) groups is 1. The molecule has 1 aliphatic heterocycles. The van der Waals surface area contributed by atoms with Crippen LogP contribution >= 0.6 is 0 Å². The van der Waals surface area contributed by atoms with E-state index in [0.717, 1.165) is 56.7 Å². The lowest BCUT2D eigenvalue weighted by atomic mass is 10.1. The number of benzene rings is 2. The molecule has 0 atom stereocenters. The highest BCUT2D eigenvalue weighted by Crippen LogP contribution is 2.30. The average Bonchev–Trinajstić information content (AvgIpc) is 3.64. The topological polar surface area (TPSA) is 97.4 Å².